The van der Waals surface area contributed by atoms with Crippen LogP contribution in [0.3, 0.4) is 0 Å². The summed E-state index contributed by atoms with van der Waals surface area (Å²) in [7, 11) is 0. The summed E-state index contributed by atoms with van der Waals surface area (Å²) in [6.07, 6.45) is 12.7. The lowest BCUT2D eigenvalue weighted by Gasteiger charge is -2.11. The van der Waals surface area contributed by atoms with Gasteiger partial charge in [-0.2, -0.15) is 0 Å². The van der Waals surface area contributed by atoms with Gasteiger partial charge in [0.25, 0.3) is 0 Å². The van der Waals surface area contributed by atoms with Gasteiger partial charge in [-0.25, -0.2) is 19.9 Å². The van der Waals surface area contributed by atoms with Crippen LogP contribution in [0.25, 0.3) is 208 Å². The Bertz CT molecular complexity index is 9250. The third-order valence-corrected chi connectivity index (χ3v) is 36.3. The van der Waals surface area contributed by atoms with Gasteiger partial charge in [0.2, 0.25) is 0 Å². The fraction of sp³-hybridized carbons (Fsp3) is 0.233. The quantitative estimate of drug-likeness (QED) is 0.0879. The average Bonchev–Trinajstić information content (AvgIpc) is 1.66. The number of H-pyrrole nitrogens is 3. The molecule has 12 nitrogen and oxygen atoms in total. The molecule has 3 N–H and O–H groups in total. The van der Waals surface area contributed by atoms with Crippen molar-refractivity contribution in [1.82, 2.24) is 34.9 Å². The minimum Gasteiger partial charge on any atom is -0.342 e. The van der Waals surface area contributed by atoms with Crippen molar-refractivity contribution in [3.8, 4) is 77.0 Å². The van der Waals surface area contributed by atoms with Gasteiger partial charge in [0.1, 0.15) is 17.5 Å². The molecule has 28 rings (SSSR count). The van der Waals surface area contributed by atoms with Crippen LogP contribution in [0.1, 0.15) is 188 Å². The van der Waals surface area contributed by atoms with E-state index in [1.165, 1.54) is 242 Å². The van der Waals surface area contributed by atoms with Crippen molar-refractivity contribution in [2.45, 2.75) is 168 Å². The van der Waals surface area contributed by atoms with Gasteiger partial charge in [0, 0.05) is 183 Å². The highest BCUT2D eigenvalue weighted by molar-refractivity contribution is 7.23. The zero-order valence-electron chi connectivity index (χ0n) is 85.0. The molecule has 18 heteroatoms. The van der Waals surface area contributed by atoms with Crippen molar-refractivity contribution < 1.29 is 0 Å². The number of allylic oxidation sites excluding steroid dienone is 1. The third kappa shape index (κ3) is 17.2. The van der Waals surface area contributed by atoms with Crippen molar-refractivity contribution >= 4 is 250 Å². The van der Waals surface area contributed by atoms with E-state index in [2.05, 4.69) is 386 Å². The summed E-state index contributed by atoms with van der Waals surface area (Å²) in [5, 5.41) is 30.9. The molecule has 0 unspecified atom stereocenters. The van der Waals surface area contributed by atoms with Crippen LogP contribution in [0.4, 0.5) is 22.7 Å². The number of hydrogen-bond acceptors (Lipinski definition) is 15. The van der Waals surface area contributed by atoms with Crippen molar-refractivity contribution in [2.75, 3.05) is 0 Å². The molecule has 13 aromatic carbocycles. The molecule has 5 aliphatic heterocycles. The second kappa shape index (κ2) is 38.1. The highest BCUT2D eigenvalue weighted by Gasteiger charge is 2.31. The first-order valence-electron chi connectivity index (χ1n) is 51.4. The monoisotopic (exact) mass is 2020 g/mol. The molecule has 0 bridgehead atoms. The minimum absolute atomic E-state index is 0. The second-order valence-electron chi connectivity index (χ2n) is 42.5. The van der Waals surface area contributed by atoms with Gasteiger partial charge < -0.3 is 15.0 Å². The summed E-state index contributed by atoms with van der Waals surface area (Å²) < 4.78 is 8.00. The molecule has 10 aromatic heterocycles. The molecule has 5 aliphatic rings. The lowest BCUT2D eigenvalue weighted by atomic mass is 9.93. The number of aromatic nitrogens is 7. The number of aliphatic imine (C=N–C) groups is 5. The van der Waals surface area contributed by atoms with Crippen molar-refractivity contribution in [3.05, 3.63) is 304 Å². The van der Waals surface area contributed by atoms with Crippen molar-refractivity contribution in [3.63, 3.8) is 0 Å². The van der Waals surface area contributed by atoms with Crippen LogP contribution < -0.4 is 0 Å². The molecule has 728 valence electrons. The van der Waals surface area contributed by atoms with E-state index in [1.54, 1.807) is 11.3 Å². The minimum atomic E-state index is 0. The zero-order valence-corrected chi connectivity index (χ0v) is 89.9. The number of imidazole rings is 3. The number of nitrogens with zero attached hydrogens (tertiary/aromatic N) is 9. The Labute approximate surface area is 881 Å². The SMILES string of the molecule is C.CC(C)C1=NC=C(c2ccc3cc(-c4ccc5c6c(c7ccsc7c5c4)N=C(C(C)C)C6)sc3c2)C1.CC(C)C1=Nc2c(c3ccc(-c4ccc5cc(-c6cnc(C(C)C)[nH]6)ccc5c4)cc3c3sccc23)C1.CC(C)C1=Nc2c(c3ccc(-c4ccc5cc(-c6cnc(C(C)C)[nH]6)ccc5n4)cc3c3sccc23)C1.CC(C)C1=Nc2c(c3ccc(-c4ccc5cc(-c6cnc(C(C)C)[nH]6)sc5c4)cc3c3sccc23)C1. The van der Waals surface area contributed by atoms with Crippen LogP contribution in [-0.4, -0.2) is 63.4 Å². The number of benzene rings is 13. The smallest absolute Gasteiger partial charge is 0.109 e. The standard InChI is InChI=1S/C33H29N3S.C32H28N4S.C32H28N2S2.C31H27N3S2.CH4/c1-18(2)29-16-27-25-10-9-23(15-28(25)32-26(11-12-37-32)31(27)35-29)21-5-6-22-14-24(8-7-20(22)13-21)30-17-34-33(36-30)19(3)4;1-17(2)28-15-24-22-8-5-21(14-25(22)31-23(11-12-37-31)30(24)35-28)27-9-6-19-13-20(7-10-26(19)34-27)29-16-33-32(36-29)18(3)4;1-17(2)27-12-22(16-33-27)19-5-6-21-14-30(36-29(21)13-19)20-7-8-23-25-15-28(18(3)4)34-31(25)24-9-10-35-32(24)26(23)11-20;1-16(2)25-14-23-21-8-7-18(11-24(21)30-22(9-10-35-30)29(23)33-25)19-5-6-20-13-28(36-27(20)12-19)26-15-32-31(34-26)17(3)4;/h5-15,17-19H,16H2,1-4H3,(H,34,36);5-14,16-18H,15H2,1-4H3,(H,33,36);5-11,13-14,16-18H,12,15H2,1-4H3;5-13,15-17H,14H2,1-4H3,(H,32,34);1H4. The van der Waals surface area contributed by atoms with E-state index < -0.39 is 0 Å². The Hall–Kier alpha value is -14.0. The lowest BCUT2D eigenvalue weighted by molar-refractivity contribution is 0.795. The predicted octanol–water partition coefficient (Wildman–Crippen LogP) is 39.2. The normalized spacial score (nSPS) is 13.9. The van der Waals surface area contributed by atoms with Crippen LogP contribution >= 0.6 is 68.0 Å². The van der Waals surface area contributed by atoms with Gasteiger partial charge in [-0.15, -0.1) is 68.0 Å². The Morgan fingerprint density at radius 3 is 1.03 bits per heavy atom. The Morgan fingerprint density at radius 1 is 0.259 bits per heavy atom. The van der Waals surface area contributed by atoms with Gasteiger partial charge in [0.05, 0.1) is 74.5 Å². The van der Waals surface area contributed by atoms with E-state index in [9.17, 15) is 0 Å². The van der Waals surface area contributed by atoms with E-state index in [1.807, 2.05) is 75.3 Å². The first-order chi connectivity index (χ1) is 70.8. The van der Waals surface area contributed by atoms with Crippen LogP contribution in [0.2, 0.25) is 0 Å². The first-order valence-corrected chi connectivity index (χ1v) is 56.6. The lowest BCUT2D eigenvalue weighted by Crippen LogP contribution is -2.06. The number of nitrogens with one attached hydrogen (secondary N) is 3. The fourth-order valence-electron chi connectivity index (χ4n) is 21.7. The molecular formula is C129H116N12S6. The molecule has 0 aliphatic carbocycles. The highest BCUT2D eigenvalue weighted by Crippen LogP contribution is 2.53. The molecule has 0 radical (unpaired) electrons. The number of fused-ring (bicyclic) bond motifs is 28. The molecule has 0 saturated heterocycles. The van der Waals surface area contributed by atoms with Crippen molar-refractivity contribution in [1.29, 1.82) is 0 Å². The summed E-state index contributed by atoms with van der Waals surface area (Å²) >= 11 is 11.0. The number of thiophene rings is 6. The van der Waals surface area contributed by atoms with Crippen LogP contribution in [0.5, 0.6) is 0 Å². The Kier molecular flexibility index (Phi) is 24.7. The van der Waals surface area contributed by atoms with Crippen LogP contribution in [0.15, 0.2) is 284 Å². The molecular weight excluding hydrogens is 1910 g/mol. The summed E-state index contributed by atoms with van der Waals surface area (Å²) in [4.78, 5) is 56.6. The van der Waals surface area contributed by atoms with E-state index in [4.69, 9.17) is 25.0 Å². The number of hydrogen-bond donors (Lipinski definition) is 3. The van der Waals surface area contributed by atoms with Crippen LogP contribution in [-0.2, 0) is 25.7 Å². The highest BCUT2D eigenvalue weighted by atomic mass is 32.1. The summed E-state index contributed by atoms with van der Waals surface area (Å²) in [6, 6.07) is 79.4. The van der Waals surface area contributed by atoms with Gasteiger partial charge in [-0.1, -0.05) is 227 Å². The van der Waals surface area contributed by atoms with Crippen LogP contribution in [0, 0.1) is 29.6 Å². The molecule has 0 atom stereocenters. The van der Waals surface area contributed by atoms with Gasteiger partial charge >= 0.3 is 0 Å². The largest absolute Gasteiger partial charge is 0.342 e. The fourth-order valence-corrected chi connectivity index (χ4v) is 27.6. The van der Waals surface area contributed by atoms with Crippen molar-refractivity contribution in [2.24, 2.45) is 54.6 Å². The number of aromatic amines is 3. The van der Waals surface area contributed by atoms with E-state index in [-0.39, 0.29) is 7.43 Å². The third-order valence-electron chi connectivity index (χ3n) is 30.2. The van der Waals surface area contributed by atoms with Gasteiger partial charge in [0.15, 0.2) is 0 Å². The molecule has 0 amide bonds. The molecule has 0 saturated carbocycles. The maximum Gasteiger partial charge on any atom is 0.109 e. The summed E-state index contributed by atoms with van der Waals surface area (Å²) in [6.45, 7) is 35.4. The van der Waals surface area contributed by atoms with Gasteiger partial charge in [-0.05, 0) is 259 Å². The summed E-state index contributed by atoms with van der Waals surface area (Å²) in [5.41, 5.74) is 34.4. The molecule has 0 spiro atoms. The van der Waals surface area contributed by atoms with E-state index in [0.717, 1.165) is 94.4 Å². The first kappa shape index (κ1) is 95.3. The second-order valence-corrected chi connectivity index (χ2v) is 48.3. The number of pyridine rings is 1. The molecule has 147 heavy (non-hydrogen) atoms. The molecule has 23 aromatic rings. The maximum atomic E-state index is 5.08. The maximum absolute atomic E-state index is 5.08. The molecule has 0 fully saturated rings. The zero-order chi connectivity index (χ0) is 99.6. The van der Waals surface area contributed by atoms with E-state index in [0.29, 0.717) is 47.3 Å². The van der Waals surface area contributed by atoms with E-state index >= 15 is 0 Å². The molecule has 15 heterocycles. The topological polar surface area (TPSA) is 161 Å². The Balaban J connectivity index is 0.000000105. The average molecular weight is 2030 g/mol. The predicted molar refractivity (Wildman–Crippen MR) is 642 cm³/mol. The summed E-state index contributed by atoms with van der Waals surface area (Å²) in [5.74, 6) is 6.63. The van der Waals surface area contributed by atoms with Gasteiger partial charge in [-0.3, -0.25) is 25.0 Å². The Morgan fingerprint density at radius 2 is 0.592 bits per heavy atom. The number of rotatable bonds is 16.